The lowest BCUT2D eigenvalue weighted by Crippen LogP contribution is -2.44. The number of hydrogen-bond donors (Lipinski definition) is 2. The van der Waals surface area contributed by atoms with Gasteiger partial charge in [0.1, 0.15) is 23.1 Å². The molecule has 2 N–H and O–H groups in total. The number of rotatable bonds is 4. The maximum absolute atomic E-state index is 12.5. The molecule has 3 heterocycles. The number of nitrogens with one attached hydrogen (secondary N) is 2. The Labute approximate surface area is 217 Å². The molecule has 0 fully saturated rings. The quantitative estimate of drug-likeness (QED) is 0.432. The average Bonchev–Trinajstić information content (AvgIpc) is 3.08. The topological polar surface area (TPSA) is 124 Å². The van der Waals surface area contributed by atoms with E-state index in [2.05, 4.69) is 36.5 Å². The largest absolute Gasteiger partial charge is 0.444 e. The van der Waals surface area contributed by atoms with Crippen LogP contribution in [0.2, 0.25) is 0 Å². The molecule has 10 nitrogen and oxygen atoms in total. The number of amides is 2. The van der Waals surface area contributed by atoms with E-state index in [4.69, 9.17) is 9.47 Å². The second kappa shape index (κ2) is 10.3. The Morgan fingerprint density at radius 3 is 2.19 bits per heavy atom. The number of nitrogens with zero attached hydrogens (tertiary/aromatic N) is 3. The minimum atomic E-state index is -0.820. The predicted molar refractivity (Wildman–Crippen MR) is 140 cm³/mol. The van der Waals surface area contributed by atoms with Crippen LogP contribution in [-0.2, 0) is 14.3 Å². The summed E-state index contributed by atoms with van der Waals surface area (Å²) in [5.74, 6) is -0.107. The number of alkyl carbamates (subject to hydrolysis) is 1. The van der Waals surface area contributed by atoms with E-state index in [9.17, 15) is 14.4 Å². The molecule has 36 heavy (non-hydrogen) atoms. The average molecular weight is 560 g/mol. The zero-order chi connectivity index (χ0) is 26.8. The molecule has 0 bridgehead atoms. The lowest BCUT2D eigenvalue weighted by Gasteiger charge is -2.21. The summed E-state index contributed by atoms with van der Waals surface area (Å²) in [7, 11) is 0. The highest BCUT2D eigenvalue weighted by atomic mass is 79.9. The van der Waals surface area contributed by atoms with Crippen LogP contribution in [0.4, 0.5) is 15.4 Å². The molecule has 0 aromatic carbocycles. The second-order valence-corrected chi connectivity index (χ2v) is 11.1. The molecule has 2 amide bonds. The van der Waals surface area contributed by atoms with Crippen LogP contribution in [0.1, 0.15) is 48.5 Å². The fourth-order valence-electron chi connectivity index (χ4n) is 3.10. The van der Waals surface area contributed by atoms with Gasteiger partial charge in [-0.1, -0.05) is 0 Å². The van der Waals surface area contributed by atoms with E-state index in [0.29, 0.717) is 15.9 Å². The molecule has 1 unspecified atom stereocenters. The van der Waals surface area contributed by atoms with Crippen LogP contribution in [-0.4, -0.2) is 49.9 Å². The Morgan fingerprint density at radius 1 is 0.972 bits per heavy atom. The summed E-state index contributed by atoms with van der Waals surface area (Å²) in [5.41, 5.74) is 0.702. The van der Waals surface area contributed by atoms with Gasteiger partial charge in [-0.3, -0.25) is 4.79 Å². The van der Waals surface area contributed by atoms with Crippen molar-refractivity contribution in [3.63, 3.8) is 0 Å². The van der Waals surface area contributed by atoms with Crippen molar-refractivity contribution in [1.29, 1.82) is 0 Å². The van der Waals surface area contributed by atoms with E-state index in [1.54, 1.807) is 79.2 Å². The summed E-state index contributed by atoms with van der Waals surface area (Å²) in [6.07, 6.45) is 3.67. The first kappa shape index (κ1) is 27.1. The Hall–Kier alpha value is -3.47. The van der Waals surface area contributed by atoms with E-state index in [1.807, 2.05) is 6.07 Å². The minimum absolute atomic E-state index is 0.327. The van der Waals surface area contributed by atoms with Crippen molar-refractivity contribution in [2.24, 2.45) is 0 Å². The number of anilines is 1. The van der Waals surface area contributed by atoms with Crippen molar-refractivity contribution in [3.05, 3.63) is 41.3 Å². The second-order valence-electron chi connectivity index (χ2n) is 10.2. The van der Waals surface area contributed by atoms with Crippen molar-refractivity contribution in [2.45, 2.75) is 65.7 Å². The molecule has 0 aliphatic rings. The van der Waals surface area contributed by atoms with Gasteiger partial charge in [0.05, 0.1) is 0 Å². The van der Waals surface area contributed by atoms with E-state index >= 15 is 0 Å². The highest BCUT2D eigenvalue weighted by Crippen LogP contribution is 2.30. The summed E-state index contributed by atoms with van der Waals surface area (Å²) >= 11 is 3.49. The van der Waals surface area contributed by atoms with Gasteiger partial charge in [0.25, 0.3) is 0 Å². The number of halogens is 1. The maximum atomic E-state index is 12.5. The lowest BCUT2D eigenvalue weighted by molar-refractivity contribution is -0.117. The van der Waals surface area contributed by atoms with Crippen LogP contribution >= 0.6 is 15.9 Å². The van der Waals surface area contributed by atoms with Gasteiger partial charge in [-0.25, -0.2) is 24.1 Å². The molecule has 0 aliphatic carbocycles. The number of carbonyl (C=O) groups is 3. The normalized spacial score (nSPS) is 12.7. The van der Waals surface area contributed by atoms with E-state index < -0.39 is 35.3 Å². The van der Waals surface area contributed by atoms with Crippen LogP contribution < -0.4 is 10.6 Å². The number of aromatic nitrogens is 3. The van der Waals surface area contributed by atoms with Crippen molar-refractivity contribution < 1.29 is 23.9 Å². The van der Waals surface area contributed by atoms with Crippen molar-refractivity contribution in [3.8, 4) is 11.1 Å². The van der Waals surface area contributed by atoms with Gasteiger partial charge in [-0.15, -0.1) is 0 Å². The minimum Gasteiger partial charge on any atom is -0.444 e. The van der Waals surface area contributed by atoms with Crippen molar-refractivity contribution in [1.82, 2.24) is 19.9 Å². The monoisotopic (exact) mass is 559 g/mol. The molecule has 3 aromatic heterocycles. The molecule has 192 valence electrons. The Morgan fingerprint density at radius 2 is 1.61 bits per heavy atom. The van der Waals surface area contributed by atoms with Gasteiger partial charge < -0.3 is 20.1 Å². The molecule has 0 saturated carbocycles. The highest BCUT2D eigenvalue weighted by Gasteiger charge is 2.22. The third kappa shape index (κ3) is 7.03. The number of fused-ring (bicyclic) bond motifs is 1. The predicted octanol–water partition coefficient (Wildman–Crippen LogP) is 5.50. The number of hydrogen-bond acceptors (Lipinski definition) is 7. The molecule has 0 radical (unpaired) electrons. The molecule has 0 spiro atoms. The van der Waals surface area contributed by atoms with Gasteiger partial charge in [-0.2, -0.15) is 0 Å². The number of carbonyl (C=O) groups excluding carboxylic acids is 3. The molecule has 1 atom stereocenters. The van der Waals surface area contributed by atoms with Gasteiger partial charge in [0.2, 0.25) is 5.91 Å². The summed E-state index contributed by atoms with van der Waals surface area (Å²) in [5, 5.41) is 5.89. The smallest absolute Gasteiger partial charge is 0.420 e. The molecular formula is C25H30BrN5O5. The first-order valence-electron chi connectivity index (χ1n) is 11.3. The molecule has 3 rings (SSSR count). The van der Waals surface area contributed by atoms with Gasteiger partial charge in [-0.05, 0) is 82.6 Å². The Balaban J connectivity index is 1.72. The summed E-state index contributed by atoms with van der Waals surface area (Å²) in [6, 6.07) is 4.50. The fraction of sp³-hybridized carbons (Fsp3) is 0.400. The first-order chi connectivity index (χ1) is 16.6. The molecule has 3 aromatic rings. The summed E-state index contributed by atoms with van der Waals surface area (Å²) < 4.78 is 12.7. The van der Waals surface area contributed by atoms with E-state index in [-0.39, 0.29) is 0 Å². The lowest BCUT2D eigenvalue weighted by atomic mass is 10.1. The fourth-order valence-corrected chi connectivity index (χ4v) is 3.60. The van der Waals surface area contributed by atoms with Gasteiger partial charge in [0, 0.05) is 39.6 Å². The van der Waals surface area contributed by atoms with Crippen molar-refractivity contribution >= 4 is 50.9 Å². The SMILES string of the molecule is CC(NC(=O)OC(C)(C)C)C(=O)Nc1ccc(-c2cnc3c(c2)c(Br)cn3C(=O)OC(C)(C)C)cn1. The van der Waals surface area contributed by atoms with Crippen LogP contribution in [0.5, 0.6) is 0 Å². The van der Waals surface area contributed by atoms with Gasteiger partial charge >= 0.3 is 12.2 Å². The summed E-state index contributed by atoms with van der Waals surface area (Å²) in [6.45, 7) is 12.2. The number of ether oxygens (including phenoxy) is 2. The zero-order valence-electron chi connectivity index (χ0n) is 21.3. The van der Waals surface area contributed by atoms with Crippen LogP contribution in [0.15, 0.2) is 41.3 Å². The Bertz CT molecular complexity index is 1290. The molecule has 11 heteroatoms. The maximum Gasteiger partial charge on any atom is 0.420 e. The first-order valence-corrected chi connectivity index (χ1v) is 12.1. The van der Waals surface area contributed by atoms with Crippen LogP contribution in [0.3, 0.4) is 0 Å². The summed E-state index contributed by atoms with van der Waals surface area (Å²) in [4.78, 5) is 45.6. The van der Waals surface area contributed by atoms with Crippen molar-refractivity contribution in [2.75, 3.05) is 5.32 Å². The van der Waals surface area contributed by atoms with Crippen LogP contribution in [0, 0.1) is 0 Å². The highest BCUT2D eigenvalue weighted by molar-refractivity contribution is 9.10. The molecular weight excluding hydrogens is 530 g/mol. The third-order valence-corrected chi connectivity index (χ3v) is 5.29. The zero-order valence-corrected chi connectivity index (χ0v) is 22.9. The number of pyridine rings is 2. The van der Waals surface area contributed by atoms with E-state index in [1.165, 1.54) is 4.57 Å². The van der Waals surface area contributed by atoms with Crippen LogP contribution in [0.25, 0.3) is 22.2 Å². The van der Waals surface area contributed by atoms with E-state index in [0.717, 1.165) is 16.5 Å². The molecule has 0 aliphatic heterocycles. The molecule has 0 saturated heterocycles. The third-order valence-electron chi connectivity index (χ3n) is 4.66. The standard InChI is InChI=1S/C25H30BrN5O5/c1-14(29-22(33)35-24(2,3)4)21(32)30-19-9-8-15(11-27-19)16-10-17-18(26)13-31(20(17)28-12-16)23(34)36-25(5,6)7/h8-14H,1-7H3,(H,29,33)(H,27,30,32). The Kier molecular flexibility index (Phi) is 7.73. The van der Waals surface area contributed by atoms with Gasteiger partial charge in [0.15, 0.2) is 5.65 Å².